The quantitative estimate of drug-likeness (QED) is 0.0788. The zero-order valence-electron chi connectivity index (χ0n) is 33.5. The number of hydrogen-bond acceptors (Lipinski definition) is 11. The lowest BCUT2D eigenvalue weighted by Crippen LogP contribution is -2.52. The smallest absolute Gasteiger partial charge is 0.408 e. The Morgan fingerprint density at radius 3 is 1.29 bits per heavy atom. The van der Waals surface area contributed by atoms with E-state index in [1.54, 1.807) is 83.1 Å². The SMILES string of the molecule is CC(C)(C)OC(=O)NCCC[C@@H](CNC(=O)[C@H](CCCNC(=O)[C@H](CCCN)NC(=O)OC(C)(C)C)NC(=O)OC(C)(C)C)NC(=O)OC(C)(C)C. The van der Waals surface area contributed by atoms with Gasteiger partial charge in [0, 0.05) is 25.7 Å². The highest BCUT2D eigenvalue weighted by Gasteiger charge is 2.27. The molecule has 0 spiro atoms. The molecule has 302 valence electrons. The van der Waals surface area contributed by atoms with Gasteiger partial charge >= 0.3 is 24.4 Å². The van der Waals surface area contributed by atoms with E-state index in [0.29, 0.717) is 32.2 Å². The van der Waals surface area contributed by atoms with E-state index in [9.17, 15) is 28.8 Å². The van der Waals surface area contributed by atoms with E-state index < -0.39 is 76.7 Å². The molecule has 8 N–H and O–H groups in total. The summed E-state index contributed by atoms with van der Waals surface area (Å²) >= 11 is 0. The molecular formula is C35H67N7O10. The first-order valence-corrected chi connectivity index (χ1v) is 17.9. The maximum absolute atomic E-state index is 13.4. The van der Waals surface area contributed by atoms with Crippen molar-refractivity contribution >= 4 is 36.2 Å². The van der Waals surface area contributed by atoms with E-state index in [1.807, 2.05) is 0 Å². The lowest BCUT2D eigenvalue weighted by atomic mass is 10.1. The van der Waals surface area contributed by atoms with Crippen LogP contribution in [-0.4, -0.2) is 103 Å². The summed E-state index contributed by atoms with van der Waals surface area (Å²) in [6.07, 6.45) is -0.848. The molecule has 0 aromatic heterocycles. The second-order valence-corrected chi connectivity index (χ2v) is 16.4. The Morgan fingerprint density at radius 2 is 0.846 bits per heavy atom. The summed E-state index contributed by atoms with van der Waals surface area (Å²) in [5.41, 5.74) is 2.63. The Bertz CT molecular complexity index is 1150. The third kappa shape index (κ3) is 26.7. The van der Waals surface area contributed by atoms with Gasteiger partial charge in [0.05, 0.1) is 0 Å². The van der Waals surface area contributed by atoms with Gasteiger partial charge in [0.25, 0.3) is 0 Å². The van der Waals surface area contributed by atoms with Gasteiger partial charge in [-0.2, -0.15) is 0 Å². The van der Waals surface area contributed by atoms with Gasteiger partial charge in [0.1, 0.15) is 34.5 Å². The number of nitrogens with two attached hydrogens (primary N) is 1. The minimum absolute atomic E-state index is 0.0209. The molecule has 0 saturated carbocycles. The van der Waals surface area contributed by atoms with Crippen LogP contribution in [0.4, 0.5) is 19.2 Å². The Kier molecular flexibility index (Phi) is 20.4. The fourth-order valence-corrected chi connectivity index (χ4v) is 4.30. The van der Waals surface area contributed by atoms with Gasteiger partial charge in [-0.05, 0) is 128 Å². The number of nitrogens with one attached hydrogen (secondary N) is 6. The van der Waals surface area contributed by atoms with Gasteiger partial charge in [-0.3, -0.25) is 9.59 Å². The second-order valence-electron chi connectivity index (χ2n) is 16.4. The predicted octanol–water partition coefficient (Wildman–Crippen LogP) is 3.72. The zero-order chi connectivity index (χ0) is 40.3. The number of carbonyl (C=O) groups is 6. The molecule has 0 heterocycles. The second kappa shape index (κ2) is 22.1. The molecule has 0 unspecified atom stereocenters. The molecule has 52 heavy (non-hydrogen) atoms. The van der Waals surface area contributed by atoms with Crippen molar-refractivity contribution in [2.75, 3.05) is 26.2 Å². The number of ether oxygens (including phenoxy) is 4. The Morgan fingerprint density at radius 1 is 0.481 bits per heavy atom. The summed E-state index contributed by atoms with van der Waals surface area (Å²) < 4.78 is 21.3. The van der Waals surface area contributed by atoms with Crippen LogP contribution in [0.15, 0.2) is 0 Å². The fourth-order valence-electron chi connectivity index (χ4n) is 4.30. The minimum atomic E-state index is -1.06. The highest BCUT2D eigenvalue weighted by molar-refractivity contribution is 5.86. The topological polar surface area (TPSA) is 238 Å². The molecule has 0 aromatic rings. The molecule has 0 fully saturated rings. The summed E-state index contributed by atoms with van der Waals surface area (Å²) in [5.74, 6) is -0.995. The molecule has 0 aliphatic heterocycles. The minimum Gasteiger partial charge on any atom is -0.444 e. The van der Waals surface area contributed by atoms with Crippen LogP contribution in [0.2, 0.25) is 0 Å². The van der Waals surface area contributed by atoms with Crippen LogP contribution in [-0.2, 0) is 28.5 Å². The van der Waals surface area contributed by atoms with E-state index in [2.05, 4.69) is 31.9 Å². The Balaban J connectivity index is 5.59. The first kappa shape index (κ1) is 48.0. The molecule has 0 radical (unpaired) electrons. The van der Waals surface area contributed by atoms with Crippen molar-refractivity contribution in [3.05, 3.63) is 0 Å². The molecule has 0 saturated heterocycles. The number of hydrogen-bond donors (Lipinski definition) is 7. The van der Waals surface area contributed by atoms with Crippen molar-refractivity contribution in [1.29, 1.82) is 0 Å². The number of rotatable bonds is 18. The third-order valence-electron chi connectivity index (χ3n) is 6.32. The van der Waals surface area contributed by atoms with E-state index in [0.717, 1.165) is 0 Å². The monoisotopic (exact) mass is 745 g/mol. The molecule has 17 nitrogen and oxygen atoms in total. The number of amides is 6. The van der Waals surface area contributed by atoms with Gasteiger partial charge in [-0.25, -0.2) is 19.2 Å². The lowest BCUT2D eigenvalue weighted by Gasteiger charge is -2.26. The van der Waals surface area contributed by atoms with Crippen molar-refractivity contribution in [2.45, 2.75) is 162 Å². The first-order valence-electron chi connectivity index (χ1n) is 17.9. The molecule has 3 atom stereocenters. The summed E-state index contributed by atoms with van der Waals surface area (Å²) in [4.78, 5) is 76.0. The maximum atomic E-state index is 13.4. The van der Waals surface area contributed by atoms with Crippen LogP contribution in [0, 0.1) is 0 Å². The average molecular weight is 746 g/mol. The van der Waals surface area contributed by atoms with Crippen LogP contribution in [0.5, 0.6) is 0 Å². The first-order chi connectivity index (χ1) is 23.7. The molecule has 0 aliphatic carbocycles. The van der Waals surface area contributed by atoms with Crippen LogP contribution < -0.4 is 37.6 Å². The predicted molar refractivity (Wildman–Crippen MR) is 196 cm³/mol. The van der Waals surface area contributed by atoms with Crippen LogP contribution >= 0.6 is 0 Å². The highest BCUT2D eigenvalue weighted by Crippen LogP contribution is 2.11. The Hall–Kier alpha value is -4.02. The fraction of sp³-hybridized carbons (Fsp3) is 0.829. The van der Waals surface area contributed by atoms with E-state index in [4.69, 9.17) is 24.7 Å². The normalized spacial score (nSPS) is 13.7. The molecule has 6 amide bonds. The number of carbonyl (C=O) groups excluding carboxylic acids is 6. The molecule has 0 bridgehead atoms. The van der Waals surface area contributed by atoms with Crippen LogP contribution in [0.3, 0.4) is 0 Å². The van der Waals surface area contributed by atoms with Gasteiger partial charge in [0.2, 0.25) is 11.8 Å². The Labute approximate surface area is 309 Å². The summed E-state index contributed by atoms with van der Waals surface area (Å²) in [5, 5.41) is 16.1. The molecule has 17 heteroatoms. The van der Waals surface area contributed by atoms with E-state index in [-0.39, 0.29) is 32.5 Å². The maximum Gasteiger partial charge on any atom is 0.408 e. The van der Waals surface area contributed by atoms with E-state index >= 15 is 0 Å². The standard InChI is InChI=1S/C35H67N7O10/c1-32(2,3)49-28(45)38-21-14-16-23(40-29(46)50-33(4,5)6)22-39-27(44)25(42-31(48)52-35(10,11)12)18-15-20-37-26(43)24(17-13-19-36)41-30(47)51-34(7,8)9/h23-25H,13-22,36H2,1-12H3,(H,37,43)(H,38,45)(H,39,44)(H,40,46)(H,41,47)(H,42,48)/t23-,24-,25-/m0/s1. The average Bonchev–Trinajstić information content (AvgIpc) is 2.93. The number of alkyl carbamates (subject to hydrolysis) is 4. The molecule has 0 aromatic carbocycles. The largest absolute Gasteiger partial charge is 0.444 e. The van der Waals surface area contributed by atoms with Crippen molar-refractivity contribution in [2.24, 2.45) is 5.73 Å². The lowest BCUT2D eigenvalue weighted by molar-refractivity contribution is -0.123. The van der Waals surface area contributed by atoms with Crippen molar-refractivity contribution in [3.8, 4) is 0 Å². The highest BCUT2D eigenvalue weighted by atomic mass is 16.6. The van der Waals surface area contributed by atoms with Crippen molar-refractivity contribution in [3.63, 3.8) is 0 Å². The molecule has 0 aliphatic rings. The summed E-state index contributed by atoms with van der Waals surface area (Å²) in [6, 6.07) is -2.54. The van der Waals surface area contributed by atoms with Crippen molar-refractivity contribution in [1.82, 2.24) is 31.9 Å². The molecule has 0 rings (SSSR count). The summed E-state index contributed by atoms with van der Waals surface area (Å²) in [7, 11) is 0. The van der Waals surface area contributed by atoms with Gasteiger partial charge < -0.3 is 56.6 Å². The third-order valence-corrected chi connectivity index (χ3v) is 6.32. The van der Waals surface area contributed by atoms with Crippen molar-refractivity contribution < 1.29 is 47.7 Å². The van der Waals surface area contributed by atoms with Crippen LogP contribution in [0.25, 0.3) is 0 Å². The van der Waals surface area contributed by atoms with Gasteiger partial charge in [-0.15, -0.1) is 0 Å². The van der Waals surface area contributed by atoms with E-state index in [1.165, 1.54) is 0 Å². The van der Waals surface area contributed by atoms with Crippen LogP contribution in [0.1, 0.15) is 122 Å². The zero-order valence-corrected chi connectivity index (χ0v) is 33.5. The molecular weight excluding hydrogens is 678 g/mol. The summed E-state index contributed by atoms with van der Waals surface area (Å²) in [6.45, 7) is 21.3. The van der Waals surface area contributed by atoms with Gasteiger partial charge in [-0.1, -0.05) is 0 Å². The van der Waals surface area contributed by atoms with Gasteiger partial charge in [0.15, 0.2) is 0 Å².